The number of guanidine groups is 1. The summed E-state index contributed by atoms with van der Waals surface area (Å²) in [5.74, 6) is 1.39. The molecular formula is C18H31IN4O. The highest BCUT2D eigenvalue weighted by Crippen LogP contribution is 2.27. The summed E-state index contributed by atoms with van der Waals surface area (Å²) in [5.41, 5.74) is 0.928. The van der Waals surface area contributed by atoms with E-state index in [1.54, 1.807) is 6.07 Å². The normalized spacial score (nSPS) is 15.2. The van der Waals surface area contributed by atoms with E-state index in [0.717, 1.165) is 57.3 Å². The lowest BCUT2D eigenvalue weighted by Crippen LogP contribution is -2.52. The van der Waals surface area contributed by atoms with E-state index in [9.17, 15) is 5.11 Å². The molecule has 1 aliphatic rings. The molecule has 0 atom stereocenters. The molecule has 0 aliphatic carbocycles. The predicted molar refractivity (Wildman–Crippen MR) is 113 cm³/mol. The zero-order valence-electron chi connectivity index (χ0n) is 14.9. The van der Waals surface area contributed by atoms with E-state index < -0.39 is 0 Å². The van der Waals surface area contributed by atoms with Crippen molar-refractivity contribution in [3.63, 3.8) is 0 Å². The molecule has 0 aromatic heterocycles. The Bertz CT molecular complexity index is 502. The molecule has 0 spiro atoms. The molecule has 6 heteroatoms. The average molecular weight is 446 g/mol. The van der Waals surface area contributed by atoms with Crippen molar-refractivity contribution in [1.29, 1.82) is 0 Å². The number of rotatable bonds is 6. The second-order valence-electron chi connectivity index (χ2n) is 5.91. The number of halogens is 1. The highest BCUT2D eigenvalue weighted by atomic mass is 127. The third-order valence-corrected chi connectivity index (χ3v) is 4.16. The van der Waals surface area contributed by atoms with E-state index >= 15 is 0 Å². The molecule has 1 saturated heterocycles. The number of piperazine rings is 1. The summed E-state index contributed by atoms with van der Waals surface area (Å²) in [6.45, 7) is 9.77. The average Bonchev–Trinajstić information content (AvgIpc) is 2.58. The summed E-state index contributed by atoms with van der Waals surface area (Å²) in [4.78, 5) is 9.32. The van der Waals surface area contributed by atoms with Crippen LogP contribution in [0.3, 0.4) is 0 Å². The van der Waals surface area contributed by atoms with Gasteiger partial charge in [-0.1, -0.05) is 31.9 Å². The fraction of sp³-hybridized carbons (Fsp3) is 0.611. The van der Waals surface area contributed by atoms with Crippen LogP contribution in [0.25, 0.3) is 0 Å². The minimum atomic E-state index is 0. The Hall–Kier alpha value is -1.18. The maximum Gasteiger partial charge on any atom is 0.194 e. The van der Waals surface area contributed by atoms with E-state index in [-0.39, 0.29) is 24.0 Å². The van der Waals surface area contributed by atoms with Crippen LogP contribution >= 0.6 is 24.0 Å². The van der Waals surface area contributed by atoms with Crippen LogP contribution in [0.5, 0.6) is 5.75 Å². The first-order valence-corrected chi connectivity index (χ1v) is 8.82. The van der Waals surface area contributed by atoms with Gasteiger partial charge in [-0.3, -0.25) is 4.99 Å². The highest BCUT2D eigenvalue weighted by Gasteiger charge is 2.21. The van der Waals surface area contributed by atoms with Gasteiger partial charge in [0.05, 0.1) is 5.69 Å². The summed E-state index contributed by atoms with van der Waals surface area (Å²) in [7, 11) is 0. The quantitative estimate of drug-likeness (QED) is 0.305. The third kappa shape index (κ3) is 6.03. The first kappa shape index (κ1) is 20.9. The summed E-state index contributed by atoms with van der Waals surface area (Å²) < 4.78 is 0. The number of hydrogen-bond acceptors (Lipinski definition) is 3. The minimum absolute atomic E-state index is 0. The molecule has 1 aromatic carbocycles. The van der Waals surface area contributed by atoms with Crippen molar-refractivity contribution >= 4 is 35.6 Å². The maximum absolute atomic E-state index is 10.00. The van der Waals surface area contributed by atoms with E-state index in [1.165, 1.54) is 12.8 Å². The van der Waals surface area contributed by atoms with Gasteiger partial charge in [-0.15, -0.1) is 24.0 Å². The Kier molecular flexibility index (Phi) is 9.90. The van der Waals surface area contributed by atoms with Crippen molar-refractivity contribution in [1.82, 2.24) is 10.2 Å². The molecule has 0 unspecified atom stereocenters. The van der Waals surface area contributed by atoms with E-state index in [2.05, 4.69) is 29.0 Å². The van der Waals surface area contributed by atoms with Gasteiger partial charge in [0.25, 0.3) is 0 Å². The number of aromatic hydroxyl groups is 1. The SMILES string of the molecule is CCCCCN=C(NCC)N1CCN(c2ccccc2O)CC1.I. The van der Waals surface area contributed by atoms with Crippen molar-refractivity contribution < 1.29 is 5.11 Å². The van der Waals surface area contributed by atoms with Gasteiger partial charge >= 0.3 is 0 Å². The minimum Gasteiger partial charge on any atom is -0.506 e. The zero-order chi connectivity index (χ0) is 16.5. The van der Waals surface area contributed by atoms with E-state index in [4.69, 9.17) is 4.99 Å². The molecule has 1 heterocycles. The number of benzene rings is 1. The molecule has 0 saturated carbocycles. The molecule has 1 fully saturated rings. The van der Waals surface area contributed by atoms with Crippen molar-refractivity contribution in [2.45, 2.75) is 33.1 Å². The van der Waals surface area contributed by atoms with Gasteiger partial charge in [-0.2, -0.15) is 0 Å². The number of unbranched alkanes of at least 4 members (excludes halogenated alkanes) is 2. The maximum atomic E-state index is 10.00. The monoisotopic (exact) mass is 446 g/mol. The molecule has 0 amide bonds. The molecule has 0 bridgehead atoms. The number of para-hydroxylation sites is 2. The fourth-order valence-corrected chi connectivity index (χ4v) is 2.86. The molecule has 1 aromatic rings. The lowest BCUT2D eigenvalue weighted by Gasteiger charge is -2.37. The number of phenols is 1. The van der Waals surface area contributed by atoms with Gasteiger partial charge in [0.2, 0.25) is 0 Å². The molecule has 2 rings (SSSR count). The molecule has 0 radical (unpaired) electrons. The number of phenolic OH excluding ortho intramolecular Hbond substituents is 1. The van der Waals surface area contributed by atoms with Crippen LogP contribution in [0.2, 0.25) is 0 Å². The van der Waals surface area contributed by atoms with Crippen LogP contribution in [0.4, 0.5) is 5.69 Å². The smallest absolute Gasteiger partial charge is 0.194 e. The topological polar surface area (TPSA) is 51.1 Å². The predicted octanol–water partition coefficient (Wildman–Crippen LogP) is 3.29. The second kappa shape index (κ2) is 11.4. The van der Waals surface area contributed by atoms with Crippen molar-refractivity contribution in [3.8, 4) is 5.75 Å². The van der Waals surface area contributed by atoms with Crippen molar-refractivity contribution in [2.24, 2.45) is 4.99 Å². The van der Waals surface area contributed by atoms with Crippen LogP contribution < -0.4 is 10.2 Å². The van der Waals surface area contributed by atoms with Crippen LogP contribution in [0.1, 0.15) is 33.1 Å². The number of nitrogens with one attached hydrogen (secondary N) is 1. The fourth-order valence-electron chi connectivity index (χ4n) is 2.86. The Morgan fingerprint density at radius 1 is 1.12 bits per heavy atom. The van der Waals surface area contributed by atoms with Crippen LogP contribution in [0.15, 0.2) is 29.3 Å². The molecule has 2 N–H and O–H groups in total. The Morgan fingerprint density at radius 3 is 2.46 bits per heavy atom. The van der Waals surface area contributed by atoms with Gasteiger partial charge in [-0.05, 0) is 25.5 Å². The first-order valence-electron chi connectivity index (χ1n) is 8.82. The van der Waals surface area contributed by atoms with E-state index in [1.807, 2.05) is 18.2 Å². The summed E-state index contributed by atoms with van der Waals surface area (Å²) in [6.07, 6.45) is 3.62. The standard InChI is InChI=1S/C18H30N4O.HI/c1-3-5-8-11-20-18(19-4-2)22-14-12-21(13-15-22)16-9-6-7-10-17(16)23;/h6-7,9-10,23H,3-5,8,11-15H2,1-2H3,(H,19,20);1H. The van der Waals surface area contributed by atoms with Crippen molar-refractivity contribution in [3.05, 3.63) is 24.3 Å². The molecular weight excluding hydrogens is 415 g/mol. The van der Waals surface area contributed by atoms with Gasteiger partial charge in [-0.25, -0.2) is 0 Å². The largest absolute Gasteiger partial charge is 0.506 e. The molecule has 24 heavy (non-hydrogen) atoms. The third-order valence-electron chi connectivity index (χ3n) is 4.16. The Balaban J connectivity index is 0.00000288. The Morgan fingerprint density at radius 2 is 1.83 bits per heavy atom. The summed E-state index contributed by atoms with van der Waals surface area (Å²) in [5, 5.41) is 13.4. The number of nitrogens with zero attached hydrogens (tertiary/aromatic N) is 3. The van der Waals surface area contributed by atoms with Gasteiger partial charge < -0.3 is 20.2 Å². The highest BCUT2D eigenvalue weighted by molar-refractivity contribution is 14.0. The van der Waals surface area contributed by atoms with Gasteiger partial charge in [0.1, 0.15) is 5.75 Å². The lowest BCUT2D eigenvalue weighted by molar-refractivity contribution is 0.369. The second-order valence-corrected chi connectivity index (χ2v) is 5.91. The lowest BCUT2D eigenvalue weighted by atomic mass is 10.2. The van der Waals surface area contributed by atoms with Crippen LogP contribution in [-0.2, 0) is 0 Å². The van der Waals surface area contributed by atoms with E-state index in [0.29, 0.717) is 5.75 Å². The molecule has 136 valence electrons. The van der Waals surface area contributed by atoms with Crippen LogP contribution in [0, 0.1) is 0 Å². The molecule has 1 aliphatic heterocycles. The van der Waals surface area contributed by atoms with Gasteiger partial charge in [0, 0.05) is 39.3 Å². The Labute approximate surface area is 163 Å². The van der Waals surface area contributed by atoms with Crippen molar-refractivity contribution in [2.75, 3.05) is 44.2 Å². The number of anilines is 1. The van der Waals surface area contributed by atoms with Gasteiger partial charge in [0.15, 0.2) is 5.96 Å². The zero-order valence-corrected chi connectivity index (χ0v) is 17.2. The first-order chi connectivity index (χ1) is 11.3. The summed E-state index contributed by atoms with van der Waals surface area (Å²) >= 11 is 0. The van der Waals surface area contributed by atoms with Crippen LogP contribution in [-0.4, -0.2) is 55.2 Å². The summed E-state index contributed by atoms with van der Waals surface area (Å²) in [6, 6.07) is 7.57. The molecule has 5 nitrogen and oxygen atoms in total. The number of hydrogen-bond donors (Lipinski definition) is 2. The number of aliphatic imine (C=N–C) groups is 1.